The van der Waals surface area contributed by atoms with Gasteiger partial charge in [0, 0.05) is 39.3 Å². The summed E-state index contributed by atoms with van der Waals surface area (Å²) in [5, 5.41) is 8.81. The molecule has 122 valence electrons. The van der Waals surface area contributed by atoms with Gasteiger partial charge < -0.3 is 9.80 Å². The van der Waals surface area contributed by atoms with E-state index in [9.17, 15) is 4.79 Å². The van der Waals surface area contributed by atoms with Crippen LogP contribution in [0.3, 0.4) is 0 Å². The van der Waals surface area contributed by atoms with Crippen molar-refractivity contribution in [3.63, 3.8) is 0 Å². The highest BCUT2D eigenvalue weighted by Gasteiger charge is 2.29. The first-order chi connectivity index (χ1) is 11.2. The van der Waals surface area contributed by atoms with E-state index < -0.39 is 0 Å². The highest BCUT2D eigenvalue weighted by atomic mass is 16.2. The molecule has 2 aliphatic heterocycles. The van der Waals surface area contributed by atoms with Gasteiger partial charge in [-0.2, -0.15) is 5.26 Å². The molecule has 6 nitrogen and oxygen atoms in total. The first-order valence-electron chi connectivity index (χ1n) is 8.33. The largest absolute Gasteiger partial charge is 0.368 e. The van der Waals surface area contributed by atoms with Gasteiger partial charge in [0.1, 0.15) is 11.8 Å². The highest BCUT2D eigenvalue weighted by molar-refractivity contribution is 5.81. The fourth-order valence-electron chi connectivity index (χ4n) is 3.36. The maximum absolute atomic E-state index is 12.5. The zero-order valence-corrected chi connectivity index (χ0v) is 13.6. The standard InChI is InChI=1S/C17H23N5O/c1-14(17(23)22-6-2-3-7-22)20-8-10-21(11-9-20)16-5-4-15(12-18)19-13-16/h4-5,13-14H,2-3,6-11H2,1H3/t14-/m1/s1. The summed E-state index contributed by atoms with van der Waals surface area (Å²) in [4.78, 5) is 23.2. The average Bonchev–Trinajstić information content (AvgIpc) is 3.15. The third kappa shape index (κ3) is 3.45. The molecule has 0 saturated carbocycles. The number of nitriles is 1. The monoisotopic (exact) mass is 313 g/mol. The fraction of sp³-hybridized carbons (Fsp3) is 0.588. The summed E-state index contributed by atoms with van der Waals surface area (Å²) in [5.74, 6) is 0.274. The van der Waals surface area contributed by atoms with Gasteiger partial charge in [0.25, 0.3) is 0 Å². The lowest BCUT2D eigenvalue weighted by Gasteiger charge is -2.39. The minimum atomic E-state index is -0.0330. The number of piperazine rings is 1. The maximum atomic E-state index is 12.5. The quantitative estimate of drug-likeness (QED) is 0.836. The molecular weight excluding hydrogens is 290 g/mol. The molecule has 2 saturated heterocycles. The van der Waals surface area contributed by atoms with Gasteiger partial charge in [0.05, 0.1) is 17.9 Å². The van der Waals surface area contributed by atoms with Crippen molar-refractivity contribution >= 4 is 11.6 Å². The van der Waals surface area contributed by atoms with Gasteiger partial charge in [-0.15, -0.1) is 0 Å². The van der Waals surface area contributed by atoms with Crippen molar-refractivity contribution in [2.45, 2.75) is 25.8 Å². The van der Waals surface area contributed by atoms with Crippen molar-refractivity contribution in [2.75, 3.05) is 44.2 Å². The third-order valence-corrected chi connectivity index (χ3v) is 4.86. The van der Waals surface area contributed by atoms with E-state index >= 15 is 0 Å². The lowest BCUT2D eigenvalue weighted by molar-refractivity contribution is -0.135. The molecule has 1 amide bonds. The molecular formula is C17H23N5O. The van der Waals surface area contributed by atoms with E-state index in [4.69, 9.17) is 5.26 Å². The Morgan fingerprint density at radius 2 is 1.87 bits per heavy atom. The molecule has 2 aliphatic rings. The number of pyridine rings is 1. The van der Waals surface area contributed by atoms with E-state index in [0.717, 1.165) is 57.8 Å². The number of carbonyl (C=O) groups is 1. The lowest BCUT2D eigenvalue weighted by atomic mass is 10.2. The van der Waals surface area contributed by atoms with Gasteiger partial charge in [-0.1, -0.05) is 0 Å². The van der Waals surface area contributed by atoms with Crippen LogP contribution >= 0.6 is 0 Å². The van der Waals surface area contributed by atoms with Gasteiger partial charge >= 0.3 is 0 Å². The Morgan fingerprint density at radius 1 is 1.17 bits per heavy atom. The predicted octanol–water partition coefficient (Wildman–Crippen LogP) is 1.09. The number of amides is 1. The fourth-order valence-corrected chi connectivity index (χ4v) is 3.36. The number of carbonyl (C=O) groups excluding carboxylic acids is 1. The summed E-state index contributed by atoms with van der Waals surface area (Å²) in [7, 11) is 0. The Hall–Kier alpha value is -2.13. The molecule has 1 aromatic rings. The van der Waals surface area contributed by atoms with Crippen LogP contribution in [0.25, 0.3) is 0 Å². The van der Waals surface area contributed by atoms with E-state index in [1.54, 1.807) is 12.3 Å². The van der Waals surface area contributed by atoms with E-state index in [-0.39, 0.29) is 11.9 Å². The van der Waals surface area contributed by atoms with Gasteiger partial charge in [-0.05, 0) is 31.9 Å². The molecule has 23 heavy (non-hydrogen) atoms. The molecule has 0 aromatic carbocycles. The van der Waals surface area contributed by atoms with E-state index in [1.165, 1.54) is 0 Å². The van der Waals surface area contributed by atoms with Gasteiger partial charge in [0.2, 0.25) is 5.91 Å². The molecule has 2 fully saturated rings. The van der Waals surface area contributed by atoms with E-state index in [2.05, 4.69) is 14.8 Å². The minimum absolute atomic E-state index is 0.0330. The van der Waals surface area contributed by atoms with Crippen molar-refractivity contribution < 1.29 is 4.79 Å². The molecule has 3 rings (SSSR count). The number of likely N-dealkylation sites (tertiary alicyclic amines) is 1. The van der Waals surface area contributed by atoms with Crippen LogP contribution in [0, 0.1) is 11.3 Å². The summed E-state index contributed by atoms with van der Waals surface area (Å²) in [5.41, 5.74) is 1.49. The number of rotatable bonds is 3. The summed E-state index contributed by atoms with van der Waals surface area (Å²) < 4.78 is 0. The van der Waals surface area contributed by atoms with Gasteiger partial charge in [0.15, 0.2) is 0 Å². The molecule has 0 radical (unpaired) electrons. The van der Waals surface area contributed by atoms with Crippen LogP contribution in [0.1, 0.15) is 25.5 Å². The normalized spacial score (nSPS) is 20.3. The van der Waals surface area contributed by atoms with E-state index in [0.29, 0.717) is 5.69 Å². The minimum Gasteiger partial charge on any atom is -0.368 e. The molecule has 3 heterocycles. The van der Waals surface area contributed by atoms with Crippen molar-refractivity contribution in [1.29, 1.82) is 5.26 Å². The maximum Gasteiger partial charge on any atom is 0.239 e. The van der Waals surface area contributed by atoms with Crippen molar-refractivity contribution in [3.8, 4) is 6.07 Å². The summed E-state index contributed by atoms with van der Waals surface area (Å²) in [6.07, 6.45) is 4.03. The topological polar surface area (TPSA) is 63.5 Å². The predicted molar refractivity (Wildman–Crippen MR) is 88.0 cm³/mol. The molecule has 0 N–H and O–H groups in total. The molecule has 6 heteroatoms. The number of nitrogens with zero attached hydrogens (tertiary/aromatic N) is 5. The molecule has 0 aliphatic carbocycles. The second-order valence-corrected chi connectivity index (χ2v) is 6.24. The number of hydrogen-bond acceptors (Lipinski definition) is 5. The second kappa shape index (κ2) is 6.97. The summed E-state index contributed by atoms with van der Waals surface area (Å²) in [6, 6.07) is 5.70. The zero-order chi connectivity index (χ0) is 16.2. The second-order valence-electron chi connectivity index (χ2n) is 6.24. The Balaban J connectivity index is 1.55. The van der Waals surface area contributed by atoms with Crippen LogP contribution in [-0.4, -0.2) is 66.0 Å². The molecule has 1 aromatic heterocycles. The van der Waals surface area contributed by atoms with Crippen LogP contribution in [-0.2, 0) is 4.79 Å². The Bertz CT molecular complexity index is 580. The van der Waals surface area contributed by atoms with Crippen LogP contribution < -0.4 is 4.90 Å². The molecule has 0 spiro atoms. The molecule has 1 atom stereocenters. The zero-order valence-electron chi connectivity index (χ0n) is 13.6. The van der Waals surface area contributed by atoms with Crippen LogP contribution in [0.4, 0.5) is 5.69 Å². The van der Waals surface area contributed by atoms with Crippen molar-refractivity contribution in [1.82, 2.24) is 14.8 Å². The third-order valence-electron chi connectivity index (χ3n) is 4.86. The average molecular weight is 313 g/mol. The van der Waals surface area contributed by atoms with E-state index in [1.807, 2.05) is 24.0 Å². The number of hydrogen-bond donors (Lipinski definition) is 0. The SMILES string of the molecule is C[C@H](C(=O)N1CCCC1)N1CCN(c2ccc(C#N)nc2)CC1. The Morgan fingerprint density at radius 3 is 2.43 bits per heavy atom. The van der Waals surface area contributed by atoms with Crippen molar-refractivity contribution in [2.24, 2.45) is 0 Å². The Kier molecular flexibility index (Phi) is 4.77. The summed E-state index contributed by atoms with van der Waals surface area (Å²) in [6.45, 7) is 7.37. The molecule has 0 unspecified atom stereocenters. The van der Waals surface area contributed by atoms with Crippen LogP contribution in [0.5, 0.6) is 0 Å². The Labute approximate surface area is 137 Å². The first kappa shape index (κ1) is 15.8. The highest BCUT2D eigenvalue weighted by Crippen LogP contribution is 2.18. The van der Waals surface area contributed by atoms with Crippen molar-refractivity contribution in [3.05, 3.63) is 24.0 Å². The lowest BCUT2D eigenvalue weighted by Crippen LogP contribution is -2.54. The molecule has 0 bridgehead atoms. The van der Waals surface area contributed by atoms with Gasteiger partial charge in [-0.25, -0.2) is 4.98 Å². The number of anilines is 1. The summed E-state index contributed by atoms with van der Waals surface area (Å²) >= 11 is 0. The first-order valence-corrected chi connectivity index (χ1v) is 8.33. The smallest absolute Gasteiger partial charge is 0.239 e. The number of aromatic nitrogens is 1. The van der Waals surface area contributed by atoms with Gasteiger partial charge in [-0.3, -0.25) is 9.69 Å². The van der Waals surface area contributed by atoms with Crippen LogP contribution in [0.2, 0.25) is 0 Å². The van der Waals surface area contributed by atoms with Crippen LogP contribution in [0.15, 0.2) is 18.3 Å².